The zero-order valence-electron chi connectivity index (χ0n) is 18.6. The molecule has 0 heterocycles. The molecule has 3 rings (SSSR count). The highest BCUT2D eigenvalue weighted by molar-refractivity contribution is 6.32. The molecule has 0 spiro atoms. The molecule has 30 heavy (non-hydrogen) atoms. The number of nitrogens with zero attached hydrogens (tertiary/aromatic N) is 1. The van der Waals surface area contributed by atoms with Crippen molar-refractivity contribution in [2.45, 2.75) is 71.8 Å². The number of rotatable bonds is 8. The molecule has 0 amide bonds. The average Bonchev–Trinajstić information content (AvgIpc) is 3.30. The molecule has 0 radical (unpaired) electrons. The van der Waals surface area contributed by atoms with Gasteiger partial charge in [0.05, 0.1) is 23.2 Å². The van der Waals surface area contributed by atoms with Crippen LogP contribution < -0.4 is 9.64 Å². The fraction of sp³-hybridized carbons (Fsp3) is 0.708. The van der Waals surface area contributed by atoms with E-state index in [-0.39, 0.29) is 11.5 Å². The highest BCUT2D eigenvalue weighted by Crippen LogP contribution is 2.40. The van der Waals surface area contributed by atoms with E-state index in [2.05, 4.69) is 20.8 Å². The lowest BCUT2D eigenvalue weighted by Gasteiger charge is -2.31. The van der Waals surface area contributed by atoms with Crippen LogP contribution in [0.2, 0.25) is 5.02 Å². The Morgan fingerprint density at radius 1 is 1.30 bits per heavy atom. The first-order valence-corrected chi connectivity index (χ1v) is 11.5. The van der Waals surface area contributed by atoms with Crippen LogP contribution in [-0.4, -0.2) is 30.8 Å². The number of carboxylic acids is 1. The smallest absolute Gasteiger partial charge is 0.308 e. The van der Waals surface area contributed by atoms with E-state index < -0.39 is 17.7 Å². The molecule has 0 saturated heterocycles. The highest BCUT2D eigenvalue weighted by atomic mass is 35.5. The lowest BCUT2D eigenvalue weighted by Crippen LogP contribution is -2.38. The molecule has 1 aromatic rings. The number of carboxylic acid groups (broad SMARTS) is 1. The summed E-state index contributed by atoms with van der Waals surface area (Å²) in [5.74, 6) is 0.143. The van der Waals surface area contributed by atoms with Crippen LogP contribution in [0.4, 0.5) is 10.1 Å². The summed E-state index contributed by atoms with van der Waals surface area (Å²) in [6.07, 6.45) is 7.13. The summed E-state index contributed by atoms with van der Waals surface area (Å²) in [6.45, 7) is 7.17. The lowest BCUT2D eigenvalue weighted by atomic mass is 9.82. The third-order valence-corrected chi connectivity index (χ3v) is 7.23. The third kappa shape index (κ3) is 5.40. The molecule has 6 heteroatoms. The fourth-order valence-corrected chi connectivity index (χ4v) is 5.61. The van der Waals surface area contributed by atoms with Crippen molar-refractivity contribution < 1.29 is 19.0 Å². The molecule has 0 aromatic heterocycles. The zero-order chi connectivity index (χ0) is 22.1. The van der Waals surface area contributed by atoms with Gasteiger partial charge in [0.2, 0.25) is 0 Å². The topological polar surface area (TPSA) is 49.8 Å². The Kier molecular flexibility index (Phi) is 7.21. The van der Waals surface area contributed by atoms with Crippen molar-refractivity contribution in [1.82, 2.24) is 0 Å². The van der Waals surface area contributed by atoms with Crippen molar-refractivity contribution >= 4 is 23.3 Å². The Balaban J connectivity index is 1.66. The van der Waals surface area contributed by atoms with Crippen molar-refractivity contribution in [2.75, 3.05) is 18.6 Å². The number of carbonyl (C=O) groups is 1. The van der Waals surface area contributed by atoms with Gasteiger partial charge in [-0.15, -0.1) is 0 Å². The van der Waals surface area contributed by atoms with Crippen LogP contribution in [0.5, 0.6) is 5.75 Å². The van der Waals surface area contributed by atoms with E-state index >= 15 is 0 Å². The van der Waals surface area contributed by atoms with Gasteiger partial charge < -0.3 is 14.7 Å². The second-order valence-corrected chi connectivity index (χ2v) is 10.6. The largest absolute Gasteiger partial charge is 0.491 e. The van der Waals surface area contributed by atoms with E-state index in [4.69, 9.17) is 16.3 Å². The summed E-state index contributed by atoms with van der Waals surface area (Å²) in [5, 5.41) is 9.80. The monoisotopic (exact) mass is 439 g/mol. The Morgan fingerprint density at radius 3 is 2.67 bits per heavy atom. The first-order chi connectivity index (χ1) is 14.1. The molecule has 2 aliphatic rings. The van der Waals surface area contributed by atoms with Crippen LogP contribution in [0.3, 0.4) is 0 Å². The van der Waals surface area contributed by atoms with E-state index in [0.717, 1.165) is 31.1 Å². The molecule has 0 bridgehead atoms. The summed E-state index contributed by atoms with van der Waals surface area (Å²) in [6, 6.07) is 2.68. The van der Waals surface area contributed by atoms with E-state index in [0.29, 0.717) is 29.5 Å². The Bertz CT molecular complexity index is 769. The first-order valence-electron chi connectivity index (χ1n) is 11.1. The summed E-state index contributed by atoms with van der Waals surface area (Å²) < 4.78 is 20.9. The number of hydrogen-bond donors (Lipinski definition) is 1. The number of ether oxygens (including phenoxy) is 1. The summed E-state index contributed by atoms with van der Waals surface area (Å²) >= 11 is 6.43. The molecule has 1 N–H and O–H groups in total. The Morgan fingerprint density at radius 2 is 2.03 bits per heavy atom. The maximum atomic E-state index is 14.9. The summed E-state index contributed by atoms with van der Waals surface area (Å²) in [7, 11) is 1.74. The molecule has 4 nitrogen and oxygen atoms in total. The molecule has 2 fully saturated rings. The number of hydrogen-bond acceptors (Lipinski definition) is 3. The summed E-state index contributed by atoms with van der Waals surface area (Å²) in [5.41, 5.74) is 0.312. The number of aliphatic carboxylic acids is 1. The minimum absolute atomic E-state index is 0.0114. The van der Waals surface area contributed by atoms with Crippen molar-refractivity contribution in [1.29, 1.82) is 0 Å². The first kappa shape index (κ1) is 23.2. The molecular formula is C24H35ClFNO3. The predicted octanol–water partition coefficient (Wildman–Crippen LogP) is 6.40. The SMILES string of the molecule is C[C@@H]1CC[C@H](CC(C)(C)COc2cc(F)c(N(C)[C@@H]3CCC[C@H]3C(=O)O)cc2Cl)C1. The minimum Gasteiger partial charge on any atom is -0.491 e. The van der Waals surface area contributed by atoms with Gasteiger partial charge in [-0.1, -0.05) is 51.6 Å². The molecule has 0 aliphatic heterocycles. The van der Waals surface area contributed by atoms with Gasteiger partial charge in [0.15, 0.2) is 0 Å². The van der Waals surface area contributed by atoms with E-state index in [1.165, 1.54) is 25.3 Å². The second-order valence-electron chi connectivity index (χ2n) is 10.2. The van der Waals surface area contributed by atoms with Gasteiger partial charge in [0, 0.05) is 19.2 Å². The Hall–Kier alpha value is -1.49. The van der Waals surface area contributed by atoms with Crippen LogP contribution in [0.15, 0.2) is 12.1 Å². The average molecular weight is 440 g/mol. The third-order valence-electron chi connectivity index (χ3n) is 6.94. The number of anilines is 1. The van der Waals surface area contributed by atoms with Crippen molar-refractivity contribution in [3.8, 4) is 5.75 Å². The quantitative estimate of drug-likeness (QED) is 0.509. The second kappa shape index (κ2) is 9.33. The number of benzene rings is 1. The molecule has 1 aromatic carbocycles. The molecule has 168 valence electrons. The van der Waals surface area contributed by atoms with Crippen molar-refractivity contribution in [3.05, 3.63) is 23.0 Å². The van der Waals surface area contributed by atoms with Gasteiger partial charge in [-0.05, 0) is 49.0 Å². The number of halogens is 2. The lowest BCUT2D eigenvalue weighted by molar-refractivity contribution is -0.141. The summed E-state index contributed by atoms with van der Waals surface area (Å²) in [4.78, 5) is 13.2. The van der Waals surface area contributed by atoms with Crippen LogP contribution in [0.1, 0.15) is 65.7 Å². The van der Waals surface area contributed by atoms with Crippen molar-refractivity contribution in [2.24, 2.45) is 23.2 Å². The maximum absolute atomic E-state index is 14.9. The Labute approximate surface area is 184 Å². The standard InChI is InChI=1S/C24H35ClFNO3/c1-15-8-9-16(10-15)13-24(2,3)14-30-22-12-19(26)21(11-18(22)25)27(4)20-7-5-6-17(20)23(28)29/h11-12,15-17,20H,5-10,13-14H2,1-4H3,(H,28,29)/t15-,16+,17-,20-/m1/s1. The zero-order valence-corrected chi connectivity index (χ0v) is 19.3. The minimum atomic E-state index is -0.824. The van der Waals surface area contributed by atoms with Gasteiger partial charge in [0.1, 0.15) is 11.6 Å². The molecule has 4 atom stereocenters. The van der Waals surface area contributed by atoms with Gasteiger partial charge in [-0.3, -0.25) is 4.79 Å². The van der Waals surface area contributed by atoms with E-state index in [1.54, 1.807) is 18.0 Å². The van der Waals surface area contributed by atoms with Gasteiger partial charge in [0.25, 0.3) is 0 Å². The molecular weight excluding hydrogens is 405 g/mol. The van der Waals surface area contributed by atoms with Gasteiger partial charge in [-0.25, -0.2) is 4.39 Å². The normalized spacial score (nSPS) is 26.7. The van der Waals surface area contributed by atoms with Gasteiger partial charge >= 0.3 is 5.97 Å². The van der Waals surface area contributed by atoms with Gasteiger partial charge in [-0.2, -0.15) is 0 Å². The maximum Gasteiger partial charge on any atom is 0.308 e. The molecule has 2 aliphatic carbocycles. The fourth-order valence-electron chi connectivity index (χ4n) is 5.39. The molecule has 0 unspecified atom stereocenters. The van der Waals surface area contributed by atoms with E-state index in [9.17, 15) is 14.3 Å². The van der Waals surface area contributed by atoms with Crippen LogP contribution in [0, 0.1) is 29.0 Å². The van der Waals surface area contributed by atoms with Crippen LogP contribution in [0.25, 0.3) is 0 Å². The predicted molar refractivity (Wildman–Crippen MR) is 119 cm³/mol. The van der Waals surface area contributed by atoms with E-state index in [1.807, 2.05) is 0 Å². The van der Waals surface area contributed by atoms with Crippen LogP contribution >= 0.6 is 11.6 Å². The van der Waals surface area contributed by atoms with Crippen molar-refractivity contribution in [3.63, 3.8) is 0 Å². The molecule has 2 saturated carbocycles. The highest BCUT2D eigenvalue weighted by Gasteiger charge is 2.36. The van der Waals surface area contributed by atoms with Crippen LogP contribution in [-0.2, 0) is 4.79 Å².